The van der Waals surface area contributed by atoms with Gasteiger partial charge in [-0.1, -0.05) is 30.3 Å². The van der Waals surface area contributed by atoms with E-state index in [0.717, 1.165) is 32.4 Å². The van der Waals surface area contributed by atoms with Crippen LogP contribution < -0.4 is 5.32 Å². The molecule has 0 unspecified atom stereocenters. The summed E-state index contributed by atoms with van der Waals surface area (Å²) in [5, 5.41) is 13.0. The van der Waals surface area contributed by atoms with Crippen LogP contribution >= 0.6 is 0 Å². The molecule has 112 valence electrons. The second-order valence-corrected chi connectivity index (χ2v) is 5.27. The van der Waals surface area contributed by atoms with Crippen LogP contribution in [0.5, 0.6) is 0 Å². The lowest BCUT2D eigenvalue weighted by Crippen LogP contribution is -2.32. The Labute approximate surface area is 121 Å². The Morgan fingerprint density at radius 3 is 2.95 bits per heavy atom. The SMILES string of the molecule is O[C@H](CNCCc1ccccc1)COC[C@@H]1CCCO1. The van der Waals surface area contributed by atoms with E-state index in [2.05, 4.69) is 17.4 Å². The molecular weight excluding hydrogens is 254 g/mol. The standard InChI is InChI=1S/C16H25NO3/c18-15(12-19-13-16-7-4-10-20-16)11-17-9-8-14-5-2-1-3-6-14/h1-3,5-6,15-18H,4,7-13H2/t15-,16+/m1/s1. The average Bonchev–Trinajstić information content (AvgIpc) is 2.98. The largest absolute Gasteiger partial charge is 0.389 e. The van der Waals surface area contributed by atoms with E-state index < -0.39 is 6.10 Å². The Hall–Kier alpha value is -0.940. The number of ether oxygens (including phenoxy) is 2. The number of benzene rings is 1. The smallest absolute Gasteiger partial charge is 0.0897 e. The summed E-state index contributed by atoms with van der Waals surface area (Å²) in [5.41, 5.74) is 1.31. The number of rotatable bonds is 9. The number of hydrogen-bond acceptors (Lipinski definition) is 4. The van der Waals surface area contributed by atoms with Crippen molar-refractivity contribution in [2.24, 2.45) is 0 Å². The minimum atomic E-state index is -0.452. The van der Waals surface area contributed by atoms with Crippen molar-refractivity contribution in [1.29, 1.82) is 0 Å². The summed E-state index contributed by atoms with van der Waals surface area (Å²) in [4.78, 5) is 0. The zero-order valence-corrected chi connectivity index (χ0v) is 12.0. The molecule has 0 aromatic heterocycles. The first-order valence-electron chi connectivity index (χ1n) is 7.46. The summed E-state index contributed by atoms with van der Waals surface area (Å²) in [6, 6.07) is 10.3. The van der Waals surface area contributed by atoms with E-state index in [1.165, 1.54) is 5.56 Å². The highest BCUT2D eigenvalue weighted by atomic mass is 16.5. The van der Waals surface area contributed by atoms with Crippen molar-refractivity contribution in [2.45, 2.75) is 31.5 Å². The van der Waals surface area contributed by atoms with Gasteiger partial charge in [-0.3, -0.25) is 0 Å². The van der Waals surface area contributed by atoms with E-state index in [0.29, 0.717) is 19.8 Å². The van der Waals surface area contributed by atoms with Crippen LogP contribution in [0.2, 0.25) is 0 Å². The third-order valence-electron chi connectivity index (χ3n) is 3.45. The third-order valence-corrected chi connectivity index (χ3v) is 3.45. The van der Waals surface area contributed by atoms with Crippen LogP contribution in [0.4, 0.5) is 0 Å². The van der Waals surface area contributed by atoms with Gasteiger partial charge in [0.2, 0.25) is 0 Å². The lowest BCUT2D eigenvalue weighted by Gasteiger charge is -2.14. The fourth-order valence-corrected chi connectivity index (χ4v) is 2.32. The molecule has 4 nitrogen and oxygen atoms in total. The van der Waals surface area contributed by atoms with Gasteiger partial charge in [0.05, 0.1) is 25.4 Å². The summed E-state index contributed by atoms with van der Waals surface area (Å²) < 4.78 is 10.9. The van der Waals surface area contributed by atoms with Crippen molar-refractivity contribution >= 4 is 0 Å². The predicted octanol–water partition coefficient (Wildman–Crippen LogP) is 1.38. The monoisotopic (exact) mass is 279 g/mol. The summed E-state index contributed by atoms with van der Waals surface area (Å²) in [5.74, 6) is 0. The molecule has 4 heteroatoms. The van der Waals surface area contributed by atoms with E-state index in [1.54, 1.807) is 0 Å². The molecule has 1 aliphatic rings. The van der Waals surface area contributed by atoms with Crippen LogP contribution in [0.25, 0.3) is 0 Å². The molecule has 0 aliphatic carbocycles. The zero-order valence-electron chi connectivity index (χ0n) is 12.0. The van der Waals surface area contributed by atoms with Gasteiger partial charge in [0.15, 0.2) is 0 Å². The van der Waals surface area contributed by atoms with Crippen molar-refractivity contribution in [3.8, 4) is 0 Å². The second-order valence-electron chi connectivity index (χ2n) is 5.27. The molecule has 1 saturated heterocycles. The molecule has 1 aromatic carbocycles. The molecule has 0 bridgehead atoms. The van der Waals surface area contributed by atoms with Crippen LogP contribution in [0.3, 0.4) is 0 Å². The molecule has 0 saturated carbocycles. The maximum absolute atomic E-state index is 9.79. The Kier molecular flexibility index (Phi) is 7.01. The van der Waals surface area contributed by atoms with Crippen LogP contribution in [-0.4, -0.2) is 50.2 Å². The maximum atomic E-state index is 9.79. The molecule has 0 radical (unpaired) electrons. The van der Waals surface area contributed by atoms with E-state index in [4.69, 9.17) is 9.47 Å². The molecule has 2 atom stereocenters. The van der Waals surface area contributed by atoms with Crippen LogP contribution in [0, 0.1) is 0 Å². The van der Waals surface area contributed by atoms with Crippen molar-refractivity contribution in [3.05, 3.63) is 35.9 Å². The quantitative estimate of drug-likeness (QED) is 0.671. The molecule has 1 aromatic rings. The van der Waals surface area contributed by atoms with Crippen molar-refractivity contribution in [1.82, 2.24) is 5.32 Å². The van der Waals surface area contributed by atoms with E-state index in [1.807, 2.05) is 18.2 Å². The molecule has 1 heterocycles. The number of aliphatic hydroxyl groups excluding tert-OH is 1. The highest BCUT2D eigenvalue weighted by Crippen LogP contribution is 2.11. The number of aliphatic hydroxyl groups is 1. The highest BCUT2D eigenvalue weighted by molar-refractivity contribution is 5.14. The third kappa shape index (κ3) is 6.01. The maximum Gasteiger partial charge on any atom is 0.0897 e. The van der Waals surface area contributed by atoms with E-state index >= 15 is 0 Å². The first kappa shape index (κ1) is 15.4. The normalized spacial score (nSPS) is 20.1. The minimum absolute atomic E-state index is 0.230. The van der Waals surface area contributed by atoms with Gasteiger partial charge in [0.25, 0.3) is 0 Å². The molecule has 2 rings (SSSR count). The molecule has 0 amide bonds. The van der Waals surface area contributed by atoms with Gasteiger partial charge in [-0.25, -0.2) is 0 Å². The number of nitrogens with one attached hydrogen (secondary N) is 1. The highest BCUT2D eigenvalue weighted by Gasteiger charge is 2.15. The first-order chi connectivity index (χ1) is 9.84. The van der Waals surface area contributed by atoms with Gasteiger partial charge in [0, 0.05) is 13.2 Å². The minimum Gasteiger partial charge on any atom is -0.389 e. The summed E-state index contributed by atoms with van der Waals surface area (Å²) in [6.45, 7) is 3.25. The lowest BCUT2D eigenvalue weighted by molar-refractivity contribution is -0.0163. The van der Waals surface area contributed by atoms with Gasteiger partial charge in [-0.2, -0.15) is 0 Å². The molecule has 20 heavy (non-hydrogen) atoms. The van der Waals surface area contributed by atoms with Gasteiger partial charge in [-0.05, 0) is 31.4 Å². The van der Waals surface area contributed by atoms with Crippen molar-refractivity contribution in [2.75, 3.05) is 32.9 Å². The Morgan fingerprint density at radius 2 is 2.20 bits per heavy atom. The van der Waals surface area contributed by atoms with Crippen molar-refractivity contribution in [3.63, 3.8) is 0 Å². The molecule has 2 N–H and O–H groups in total. The van der Waals surface area contributed by atoms with Gasteiger partial charge in [-0.15, -0.1) is 0 Å². The van der Waals surface area contributed by atoms with E-state index in [9.17, 15) is 5.11 Å². The Balaban J connectivity index is 1.46. The number of hydrogen-bond donors (Lipinski definition) is 2. The summed E-state index contributed by atoms with van der Waals surface area (Å²) >= 11 is 0. The van der Waals surface area contributed by atoms with Crippen LogP contribution in [0.15, 0.2) is 30.3 Å². The fourth-order valence-electron chi connectivity index (χ4n) is 2.32. The summed E-state index contributed by atoms with van der Waals surface area (Å²) in [6.07, 6.45) is 2.95. The molecular formula is C16H25NO3. The predicted molar refractivity (Wildman–Crippen MR) is 78.8 cm³/mol. The Bertz CT molecular complexity index is 352. The molecule has 1 aliphatic heterocycles. The fraction of sp³-hybridized carbons (Fsp3) is 0.625. The topological polar surface area (TPSA) is 50.7 Å². The average molecular weight is 279 g/mol. The summed E-state index contributed by atoms with van der Waals surface area (Å²) in [7, 11) is 0. The molecule has 0 spiro atoms. The van der Waals surface area contributed by atoms with Gasteiger partial charge < -0.3 is 19.9 Å². The Morgan fingerprint density at radius 1 is 1.35 bits per heavy atom. The first-order valence-corrected chi connectivity index (χ1v) is 7.46. The van der Waals surface area contributed by atoms with E-state index in [-0.39, 0.29) is 6.10 Å². The van der Waals surface area contributed by atoms with Crippen LogP contribution in [-0.2, 0) is 15.9 Å². The zero-order chi connectivity index (χ0) is 14.0. The van der Waals surface area contributed by atoms with Gasteiger partial charge in [0.1, 0.15) is 0 Å². The van der Waals surface area contributed by atoms with Gasteiger partial charge >= 0.3 is 0 Å². The van der Waals surface area contributed by atoms with Crippen molar-refractivity contribution < 1.29 is 14.6 Å². The molecule has 1 fully saturated rings. The second kappa shape index (κ2) is 9.08. The van der Waals surface area contributed by atoms with Crippen LogP contribution in [0.1, 0.15) is 18.4 Å². The lowest BCUT2D eigenvalue weighted by atomic mass is 10.1.